The van der Waals surface area contributed by atoms with E-state index in [2.05, 4.69) is 60.4 Å². The molecule has 1 aliphatic carbocycles. The third-order valence-electron chi connectivity index (χ3n) is 10.4. The predicted molar refractivity (Wildman–Crippen MR) is 233 cm³/mol. The van der Waals surface area contributed by atoms with Gasteiger partial charge in [0.05, 0.1) is 30.0 Å². The average Bonchev–Trinajstić information content (AvgIpc) is 3.15. The van der Waals surface area contributed by atoms with E-state index in [1.165, 1.54) is 0 Å². The van der Waals surface area contributed by atoms with E-state index < -0.39 is 11.7 Å². The number of halogens is 3. The van der Waals surface area contributed by atoms with Gasteiger partial charge in [-0.3, -0.25) is 4.90 Å². The fourth-order valence-electron chi connectivity index (χ4n) is 7.98. The standard InChI is InChI=1S/C51H60F3NO5/c1-10-55(29-35-17-19-45(20-18-35)51(52,53)54)30-36-21-41-24-39-15-11-13-37(47(39)57-31(2)3)23-38-14-12-16-40(48(38)58-32(4)5)25-43-27-46(56)28-44(50(43)60-34(8)9)26-42(22-36)49(41)59-33(6)7/h11-22,27-28,31-34,56H,10,23-26,29-30H2,1-9H3. The first kappa shape index (κ1) is 44.4. The zero-order valence-electron chi connectivity index (χ0n) is 36.5. The number of phenolic OH excluding ortho intramolecular Hbond substituents is 1. The molecule has 60 heavy (non-hydrogen) atoms. The van der Waals surface area contributed by atoms with Crippen LogP contribution in [0.2, 0.25) is 0 Å². The van der Waals surface area contributed by atoms with Crippen molar-refractivity contribution in [3.8, 4) is 28.7 Å². The van der Waals surface area contributed by atoms with Gasteiger partial charge in [-0.1, -0.05) is 67.6 Å². The Kier molecular flexibility index (Phi) is 14.1. The van der Waals surface area contributed by atoms with E-state index in [4.69, 9.17) is 18.9 Å². The first-order valence-electron chi connectivity index (χ1n) is 21.2. The van der Waals surface area contributed by atoms with Crippen molar-refractivity contribution in [3.05, 3.63) is 146 Å². The fraction of sp³-hybridized carbons (Fsp3) is 0.412. The lowest BCUT2D eigenvalue weighted by atomic mass is 9.90. The van der Waals surface area contributed by atoms with Crippen LogP contribution in [-0.2, 0) is 44.9 Å². The van der Waals surface area contributed by atoms with Gasteiger partial charge in [0.1, 0.15) is 28.7 Å². The van der Waals surface area contributed by atoms with Gasteiger partial charge in [0.2, 0.25) is 0 Å². The number of benzene rings is 5. The highest BCUT2D eigenvalue weighted by Crippen LogP contribution is 2.41. The van der Waals surface area contributed by atoms with E-state index in [-0.39, 0.29) is 30.2 Å². The van der Waals surface area contributed by atoms with Crippen molar-refractivity contribution < 1.29 is 37.2 Å². The van der Waals surface area contributed by atoms with E-state index in [0.29, 0.717) is 51.1 Å². The molecule has 0 saturated carbocycles. The normalized spacial score (nSPS) is 13.1. The molecule has 1 aliphatic rings. The Balaban J connectivity index is 1.57. The summed E-state index contributed by atoms with van der Waals surface area (Å²) < 4.78 is 66.9. The lowest BCUT2D eigenvalue weighted by Crippen LogP contribution is -2.23. The summed E-state index contributed by atoms with van der Waals surface area (Å²) in [5.74, 6) is 3.28. The Hall–Kier alpha value is -5.15. The van der Waals surface area contributed by atoms with E-state index in [9.17, 15) is 18.3 Å². The number of para-hydroxylation sites is 2. The Morgan fingerprint density at radius 1 is 0.500 bits per heavy atom. The van der Waals surface area contributed by atoms with E-state index in [0.717, 1.165) is 85.0 Å². The smallest absolute Gasteiger partial charge is 0.416 e. The van der Waals surface area contributed by atoms with Gasteiger partial charge in [-0.05, 0) is 131 Å². The maximum Gasteiger partial charge on any atom is 0.416 e. The molecule has 320 valence electrons. The zero-order valence-corrected chi connectivity index (χ0v) is 36.5. The minimum Gasteiger partial charge on any atom is -0.508 e. The van der Waals surface area contributed by atoms with E-state index in [1.54, 1.807) is 24.3 Å². The molecule has 0 spiro atoms. The number of aromatic hydroxyl groups is 1. The maximum absolute atomic E-state index is 13.4. The predicted octanol–water partition coefficient (Wildman–Crippen LogP) is 12.3. The van der Waals surface area contributed by atoms with E-state index in [1.807, 2.05) is 55.4 Å². The molecule has 0 radical (unpaired) electrons. The third-order valence-corrected chi connectivity index (χ3v) is 10.4. The number of alkyl halides is 3. The van der Waals surface area contributed by atoms with Crippen LogP contribution in [0.1, 0.15) is 124 Å². The SMILES string of the molecule is CCN(Cc1ccc(C(F)(F)F)cc1)Cc1cc2c(OC(C)C)c(c1)Cc1cc(O)cc(c1OC(C)C)Cc1cccc(c1OC(C)C)Cc1cccc(c1OC(C)C)C2. The minimum atomic E-state index is -4.39. The summed E-state index contributed by atoms with van der Waals surface area (Å²) in [5.41, 5.74) is 8.85. The van der Waals surface area contributed by atoms with Crippen LogP contribution in [0.5, 0.6) is 28.7 Å². The highest BCUT2D eigenvalue weighted by molar-refractivity contribution is 5.58. The van der Waals surface area contributed by atoms with Gasteiger partial charge in [-0.15, -0.1) is 0 Å². The Morgan fingerprint density at radius 3 is 1.20 bits per heavy atom. The van der Waals surface area contributed by atoms with Crippen LogP contribution in [0, 0.1) is 0 Å². The van der Waals surface area contributed by atoms with Crippen molar-refractivity contribution in [3.63, 3.8) is 0 Å². The maximum atomic E-state index is 13.4. The number of fused-ring (bicyclic) bond motifs is 8. The number of rotatable bonds is 13. The summed E-state index contributed by atoms with van der Waals surface area (Å²) in [6.07, 6.45) is -2.87. The average molecular weight is 824 g/mol. The molecule has 0 aliphatic heterocycles. The first-order valence-corrected chi connectivity index (χ1v) is 21.2. The van der Waals surface area contributed by atoms with Crippen molar-refractivity contribution >= 4 is 0 Å². The van der Waals surface area contributed by atoms with Gasteiger partial charge in [0.25, 0.3) is 0 Å². The molecule has 0 heterocycles. The van der Waals surface area contributed by atoms with E-state index >= 15 is 0 Å². The molecule has 6 nitrogen and oxygen atoms in total. The van der Waals surface area contributed by atoms with Crippen molar-refractivity contribution in [1.29, 1.82) is 0 Å². The molecule has 6 rings (SSSR count). The van der Waals surface area contributed by atoms with Gasteiger partial charge >= 0.3 is 6.18 Å². The number of phenols is 1. The highest BCUT2D eigenvalue weighted by Gasteiger charge is 2.30. The second-order valence-electron chi connectivity index (χ2n) is 17.0. The first-order chi connectivity index (χ1) is 28.5. The molecule has 0 amide bonds. The molecular weight excluding hydrogens is 764 g/mol. The van der Waals surface area contributed by atoms with Crippen LogP contribution >= 0.6 is 0 Å². The van der Waals surface area contributed by atoms with Crippen molar-refractivity contribution in [2.24, 2.45) is 0 Å². The van der Waals surface area contributed by atoms with Crippen LogP contribution < -0.4 is 18.9 Å². The lowest BCUT2D eigenvalue weighted by molar-refractivity contribution is -0.137. The van der Waals surface area contributed by atoms with Gasteiger partial charge in [-0.2, -0.15) is 13.2 Å². The molecule has 1 N–H and O–H groups in total. The largest absolute Gasteiger partial charge is 0.508 e. The van der Waals surface area contributed by atoms with Crippen LogP contribution in [0.25, 0.3) is 0 Å². The van der Waals surface area contributed by atoms with Crippen molar-refractivity contribution in [2.75, 3.05) is 6.54 Å². The van der Waals surface area contributed by atoms with Crippen LogP contribution in [-0.4, -0.2) is 41.0 Å². The summed E-state index contributed by atoms with van der Waals surface area (Å²) in [5, 5.41) is 11.4. The molecule has 0 fully saturated rings. The van der Waals surface area contributed by atoms with Gasteiger partial charge in [-0.25, -0.2) is 0 Å². The fourth-order valence-corrected chi connectivity index (χ4v) is 7.98. The summed E-state index contributed by atoms with van der Waals surface area (Å²) >= 11 is 0. The topological polar surface area (TPSA) is 60.4 Å². The number of hydrogen-bond acceptors (Lipinski definition) is 6. The molecule has 0 aromatic heterocycles. The monoisotopic (exact) mass is 823 g/mol. The van der Waals surface area contributed by atoms with Crippen LogP contribution in [0.15, 0.2) is 84.9 Å². The summed E-state index contributed by atoms with van der Waals surface area (Å²) in [7, 11) is 0. The zero-order chi connectivity index (χ0) is 43.3. The third kappa shape index (κ3) is 11.2. The molecule has 0 saturated heterocycles. The molecule has 9 heteroatoms. The van der Waals surface area contributed by atoms with Crippen LogP contribution in [0.3, 0.4) is 0 Å². The molecule has 0 unspecified atom stereocenters. The Labute approximate surface area is 354 Å². The number of hydrogen-bond donors (Lipinski definition) is 1. The number of nitrogens with zero attached hydrogens (tertiary/aromatic N) is 1. The molecule has 5 aromatic rings. The molecule has 8 bridgehead atoms. The van der Waals surface area contributed by atoms with Crippen LogP contribution in [0.4, 0.5) is 13.2 Å². The minimum absolute atomic E-state index is 0.0727. The molecule has 5 aromatic carbocycles. The Bertz CT molecular complexity index is 2240. The summed E-state index contributed by atoms with van der Waals surface area (Å²) in [6.45, 7) is 20.0. The quantitative estimate of drug-likeness (QED) is 0.125. The highest BCUT2D eigenvalue weighted by atomic mass is 19.4. The van der Waals surface area contributed by atoms with Gasteiger partial charge in [0, 0.05) is 49.9 Å². The second kappa shape index (κ2) is 19.1. The molecular formula is C51H60F3NO5. The summed E-state index contributed by atoms with van der Waals surface area (Å²) in [6, 6.07) is 26.0. The second-order valence-corrected chi connectivity index (χ2v) is 17.0. The lowest BCUT2D eigenvalue weighted by Gasteiger charge is -2.26. The number of ether oxygens (including phenoxy) is 4. The van der Waals surface area contributed by atoms with Crippen molar-refractivity contribution in [1.82, 2.24) is 4.90 Å². The molecule has 0 atom stereocenters. The Morgan fingerprint density at radius 2 is 0.833 bits per heavy atom. The van der Waals surface area contributed by atoms with Gasteiger partial charge in [0.15, 0.2) is 0 Å². The summed E-state index contributed by atoms with van der Waals surface area (Å²) in [4.78, 5) is 2.22. The van der Waals surface area contributed by atoms with Crippen molar-refractivity contribution in [2.45, 2.75) is 132 Å². The van der Waals surface area contributed by atoms with Gasteiger partial charge < -0.3 is 24.1 Å².